The molecule has 0 radical (unpaired) electrons. The number of aryl methyl sites for hydroxylation is 1. The molecule has 0 saturated carbocycles. The fourth-order valence-corrected chi connectivity index (χ4v) is 3.59. The van der Waals surface area contributed by atoms with Gasteiger partial charge in [0.25, 0.3) is 5.91 Å². The van der Waals surface area contributed by atoms with Crippen LogP contribution in [0.5, 0.6) is 0 Å². The molecule has 0 aliphatic rings. The molecular formula is C17H21FN2O2S. The Balaban J connectivity index is 2.22. The number of carbonyl (C=O) groups excluding carboxylic acids is 2. The molecule has 0 unspecified atom stereocenters. The zero-order chi connectivity index (χ0) is 17.4. The van der Waals surface area contributed by atoms with Crippen LogP contribution in [0.3, 0.4) is 0 Å². The Morgan fingerprint density at radius 2 is 1.96 bits per heavy atom. The summed E-state index contributed by atoms with van der Waals surface area (Å²) in [6.45, 7) is 7.34. The van der Waals surface area contributed by atoms with E-state index >= 15 is 0 Å². The lowest BCUT2D eigenvalue weighted by molar-refractivity contribution is -0.122. The molecule has 2 rings (SSSR count). The van der Waals surface area contributed by atoms with Crippen LogP contribution in [0.2, 0.25) is 0 Å². The molecule has 0 aliphatic heterocycles. The number of hydrogen-bond donors (Lipinski definition) is 1. The summed E-state index contributed by atoms with van der Waals surface area (Å²) < 4.78 is 14.7. The third-order valence-corrected chi connectivity index (χ3v) is 4.58. The molecule has 0 aliphatic carbocycles. The molecule has 0 spiro atoms. The minimum Gasteiger partial charge on any atom is -0.350 e. The topological polar surface area (TPSA) is 49.4 Å². The molecular weight excluding hydrogens is 315 g/mol. The van der Waals surface area contributed by atoms with E-state index in [2.05, 4.69) is 5.32 Å². The quantitative estimate of drug-likeness (QED) is 0.934. The predicted octanol–water partition coefficient (Wildman–Crippen LogP) is 3.34. The summed E-state index contributed by atoms with van der Waals surface area (Å²) in [4.78, 5) is 26.4. The smallest absolute Gasteiger partial charge is 0.264 e. The van der Waals surface area contributed by atoms with Crippen molar-refractivity contribution in [1.29, 1.82) is 0 Å². The minimum atomic E-state index is -0.350. The second-order valence-corrected chi connectivity index (χ2v) is 7.68. The minimum absolute atomic E-state index is 0.0354. The monoisotopic (exact) mass is 336 g/mol. The SMILES string of the molecule is Cc1c(C(=O)N(C)CC(=O)NC(C)(C)C)sc2cccc(F)c12. The maximum absolute atomic E-state index is 13.9. The molecule has 1 aromatic heterocycles. The Hall–Kier alpha value is -1.95. The van der Waals surface area contributed by atoms with Gasteiger partial charge >= 0.3 is 0 Å². The Bertz CT molecular complexity index is 762. The molecule has 1 N–H and O–H groups in total. The normalized spacial score (nSPS) is 11.6. The number of nitrogens with zero attached hydrogens (tertiary/aromatic N) is 1. The standard InChI is InChI=1S/C17H21FN2O2S/c1-10-14-11(18)7-6-8-12(14)23-15(10)16(22)20(5)9-13(21)19-17(2,3)4/h6-8H,9H2,1-5H3,(H,19,21). The molecule has 2 amide bonds. The largest absolute Gasteiger partial charge is 0.350 e. The zero-order valence-corrected chi connectivity index (χ0v) is 14.8. The first kappa shape index (κ1) is 17.4. The van der Waals surface area contributed by atoms with Gasteiger partial charge in [-0.25, -0.2) is 4.39 Å². The summed E-state index contributed by atoms with van der Waals surface area (Å²) in [7, 11) is 1.57. The van der Waals surface area contributed by atoms with E-state index in [1.807, 2.05) is 20.8 Å². The molecule has 4 nitrogen and oxygen atoms in total. The number of nitrogens with one attached hydrogen (secondary N) is 1. The predicted molar refractivity (Wildman–Crippen MR) is 91.4 cm³/mol. The molecule has 0 saturated heterocycles. The Kier molecular flexibility index (Phi) is 4.75. The number of fused-ring (bicyclic) bond motifs is 1. The van der Waals surface area contributed by atoms with E-state index in [1.165, 1.54) is 22.3 Å². The van der Waals surface area contributed by atoms with Gasteiger partial charge in [0.05, 0.1) is 11.4 Å². The van der Waals surface area contributed by atoms with Crippen molar-refractivity contribution in [3.8, 4) is 0 Å². The van der Waals surface area contributed by atoms with Gasteiger partial charge < -0.3 is 10.2 Å². The number of benzene rings is 1. The highest BCUT2D eigenvalue weighted by molar-refractivity contribution is 7.21. The van der Waals surface area contributed by atoms with E-state index in [9.17, 15) is 14.0 Å². The first-order valence-corrected chi connectivity index (χ1v) is 8.16. The lowest BCUT2D eigenvalue weighted by Gasteiger charge is -2.23. The first-order valence-electron chi connectivity index (χ1n) is 7.34. The number of rotatable bonds is 3. The van der Waals surface area contributed by atoms with Crippen molar-refractivity contribution in [1.82, 2.24) is 10.2 Å². The zero-order valence-electron chi connectivity index (χ0n) is 14.0. The van der Waals surface area contributed by atoms with Crippen molar-refractivity contribution >= 4 is 33.2 Å². The van der Waals surface area contributed by atoms with Gasteiger partial charge in [-0.3, -0.25) is 9.59 Å². The fraction of sp³-hybridized carbons (Fsp3) is 0.412. The van der Waals surface area contributed by atoms with Gasteiger partial charge in [0, 0.05) is 22.7 Å². The summed E-state index contributed by atoms with van der Waals surface area (Å²) in [5.41, 5.74) is 0.272. The van der Waals surface area contributed by atoms with E-state index in [1.54, 1.807) is 26.1 Å². The van der Waals surface area contributed by atoms with Gasteiger partial charge in [0.2, 0.25) is 5.91 Å². The lowest BCUT2D eigenvalue weighted by atomic mass is 10.1. The van der Waals surface area contributed by atoms with Crippen molar-refractivity contribution in [3.63, 3.8) is 0 Å². The van der Waals surface area contributed by atoms with Crippen LogP contribution >= 0.6 is 11.3 Å². The highest BCUT2D eigenvalue weighted by Crippen LogP contribution is 2.33. The third-order valence-electron chi connectivity index (χ3n) is 3.34. The van der Waals surface area contributed by atoms with Crippen LogP contribution in [-0.2, 0) is 4.79 Å². The number of carbonyl (C=O) groups is 2. The van der Waals surface area contributed by atoms with Gasteiger partial charge in [-0.2, -0.15) is 0 Å². The van der Waals surface area contributed by atoms with Crippen molar-refractivity contribution in [3.05, 3.63) is 34.5 Å². The fourth-order valence-electron chi connectivity index (χ4n) is 2.38. The number of amides is 2. The van der Waals surface area contributed by atoms with Crippen LogP contribution in [0.4, 0.5) is 4.39 Å². The Labute approximate surface area is 139 Å². The lowest BCUT2D eigenvalue weighted by Crippen LogP contribution is -2.46. The summed E-state index contributed by atoms with van der Waals surface area (Å²) in [6, 6.07) is 4.80. The van der Waals surface area contributed by atoms with Crippen LogP contribution < -0.4 is 5.32 Å². The Morgan fingerprint density at radius 1 is 1.30 bits per heavy atom. The molecule has 124 valence electrons. The summed E-state index contributed by atoms with van der Waals surface area (Å²) in [5.74, 6) is -0.825. The van der Waals surface area contributed by atoms with Crippen LogP contribution in [-0.4, -0.2) is 35.8 Å². The molecule has 1 heterocycles. The molecule has 0 bridgehead atoms. The van der Waals surface area contributed by atoms with Crippen LogP contribution in [0.15, 0.2) is 18.2 Å². The van der Waals surface area contributed by atoms with Crippen LogP contribution in [0.25, 0.3) is 10.1 Å². The second-order valence-electron chi connectivity index (χ2n) is 6.63. The van der Waals surface area contributed by atoms with E-state index < -0.39 is 0 Å². The molecule has 23 heavy (non-hydrogen) atoms. The molecule has 2 aromatic rings. The summed E-state index contributed by atoms with van der Waals surface area (Å²) >= 11 is 1.25. The first-order chi connectivity index (χ1) is 10.6. The molecule has 0 fully saturated rings. The van der Waals surface area contributed by atoms with Gasteiger partial charge in [-0.1, -0.05) is 6.07 Å². The average molecular weight is 336 g/mol. The highest BCUT2D eigenvalue weighted by atomic mass is 32.1. The van der Waals surface area contributed by atoms with Crippen molar-refractivity contribution in [2.75, 3.05) is 13.6 Å². The maximum atomic E-state index is 13.9. The third kappa shape index (κ3) is 3.88. The Morgan fingerprint density at radius 3 is 2.52 bits per heavy atom. The van der Waals surface area contributed by atoms with E-state index in [0.29, 0.717) is 15.8 Å². The number of hydrogen-bond acceptors (Lipinski definition) is 3. The second kappa shape index (κ2) is 6.28. The average Bonchev–Trinajstić information content (AvgIpc) is 2.74. The molecule has 1 aromatic carbocycles. The van der Waals surface area contributed by atoms with E-state index in [0.717, 1.165) is 4.70 Å². The van der Waals surface area contributed by atoms with Crippen LogP contribution in [0, 0.1) is 12.7 Å². The van der Waals surface area contributed by atoms with E-state index in [-0.39, 0.29) is 29.7 Å². The van der Waals surface area contributed by atoms with Crippen molar-refractivity contribution < 1.29 is 14.0 Å². The number of halogens is 1. The highest BCUT2D eigenvalue weighted by Gasteiger charge is 2.23. The maximum Gasteiger partial charge on any atom is 0.264 e. The number of thiophene rings is 1. The molecule has 0 atom stereocenters. The number of likely N-dealkylation sites (N-methyl/N-ethyl adjacent to an activating group) is 1. The van der Waals surface area contributed by atoms with Gasteiger partial charge in [-0.15, -0.1) is 11.3 Å². The van der Waals surface area contributed by atoms with Gasteiger partial charge in [0.15, 0.2) is 0 Å². The summed E-state index contributed by atoms with van der Waals surface area (Å²) in [5, 5.41) is 3.30. The summed E-state index contributed by atoms with van der Waals surface area (Å²) in [6.07, 6.45) is 0. The molecule has 6 heteroatoms. The van der Waals surface area contributed by atoms with Gasteiger partial charge in [-0.05, 0) is 45.4 Å². The van der Waals surface area contributed by atoms with E-state index in [4.69, 9.17) is 0 Å². The van der Waals surface area contributed by atoms with Gasteiger partial charge in [0.1, 0.15) is 5.82 Å². The van der Waals surface area contributed by atoms with Crippen LogP contribution in [0.1, 0.15) is 36.0 Å². The van der Waals surface area contributed by atoms with Crippen molar-refractivity contribution in [2.24, 2.45) is 0 Å². The van der Waals surface area contributed by atoms with Crippen molar-refractivity contribution in [2.45, 2.75) is 33.2 Å².